The number of esters is 1. The Labute approximate surface area is 170 Å². The Balaban J connectivity index is 1.90. The lowest BCUT2D eigenvalue weighted by Gasteiger charge is -2.32. The number of hydrogen-bond donors (Lipinski definition) is 2. The minimum absolute atomic E-state index is 0.166. The van der Waals surface area contributed by atoms with Gasteiger partial charge in [-0.15, -0.1) is 0 Å². The van der Waals surface area contributed by atoms with Gasteiger partial charge in [0, 0.05) is 17.5 Å². The Bertz CT molecular complexity index is 896. The number of ether oxygens (including phenoxy) is 1. The number of carbonyl (C=O) groups excluding carboxylic acids is 2. The van der Waals surface area contributed by atoms with E-state index in [1.165, 1.54) is 7.11 Å². The second kappa shape index (κ2) is 9.39. The summed E-state index contributed by atoms with van der Waals surface area (Å²) >= 11 is 4.22. The first-order chi connectivity index (χ1) is 13.7. The number of nitrogens with one attached hydrogen (secondary N) is 1. The summed E-state index contributed by atoms with van der Waals surface area (Å²) in [6.07, 6.45) is 6.65. The van der Waals surface area contributed by atoms with Crippen LogP contribution in [0.15, 0.2) is 79.0 Å². The van der Waals surface area contributed by atoms with E-state index in [4.69, 9.17) is 4.74 Å². The van der Waals surface area contributed by atoms with Crippen LogP contribution in [0.2, 0.25) is 0 Å². The Kier molecular flexibility index (Phi) is 6.68. The van der Waals surface area contributed by atoms with Crippen molar-refractivity contribution in [2.75, 3.05) is 12.9 Å². The van der Waals surface area contributed by atoms with E-state index in [0.717, 1.165) is 11.1 Å². The van der Waals surface area contributed by atoms with E-state index in [1.54, 1.807) is 17.2 Å². The number of nitrogens with zero attached hydrogens (tertiary/aromatic N) is 1. The zero-order valence-electron chi connectivity index (χ0n) is 15.5. The van der Waals surface area contributed by atoms with Crippen LogP contribution in [0.1, 0.15) is 10.4 Å². The van der Waals surface area contributed by atoms with Gasteiger partial charge in [0.25, 0.3) is 5.91 Å². The molecule has 1 unspecified atom stereocenters. The van der Waals surface area contributed by atoms with Gasteiger partial charge in [0.05, 0.1) is 7.11 Å². The zero-order valence-corrected chi connectivity index (χ0v) is 16.4. The molecule has 3 rings (SSSR count). The number of rotatable bonds is 6. The van der Waals surface area contributed by atoms with Gasteiger partial charge in [0.15, 0.2) is 0 Å². The Morgan fingerprint density at radius 1 is 1.11 bits per heavy atom. The van der Waals surface area contributed by atoms with Crippen LogP contribution >= 0.6 is 12.6 Å². The summed E-state index contributed by atoms with van der Waals surface area (Å²) in [6.45, 7) is 0. The number of thiol groups is 1. The largest absolute Gasteiger partial charge is 0.468 e. The van der Waals surface area contributed by atoms with Crippen LogP contribution in [0, 0.1) is 0 Å². The van der Waals surface area contributed by atoms with Crippen molar-refractivity contribution >= 4 is 24.5 Å². The maximum absolute atomic E-state index is 13.4. The van der Waals surface area contributed by atoms with Gasteiger partial charge >= 0.3 is 5.97 Å². The molecule has 2 atom stereocenters. The molecule has 0 radical (unpaired) electrons. The van der Waals surface area contributed by atoms with Crippen LogP contribution in [-0.4, -0.2) is 41.8 Å². The quantitative estimate of drug-likeness (QED) is 0.583. The maximum Gasteiger partial charge on any atom is 0.323 e. The molecule has 1 aliphatic heterocycles. The molecule has 28 heavy (non-hydrogen) atoms. The molecule has 0 fully saturated rings. The summed E-state index contributed by atoms with van der Waals surface area (Å²) in [5.74, 6) is -0.334. The fraction of sp³-hybridized carbons (Fsp3) is 0.182. The summed E-state index contributed by atoms with van der Waals surface area (Å²) in [7, 11) is 1.33. The average Bonchev–Trinajstić information content (AvgIpc) is 2.77. The predicted molar refractivity (Wildman–Crippen MR) is 113 cm³/mol. The molecular formula is C22H22N2O3S. The average molecular weight is 394 g/mol. The number of hydrogen-bond acceptors (Lipinski definition) is 5. The normalized spacial score (nSPS) is 16.6. The standard InChI is InChI=1S/C22H22N2O3S/c1-27-22(26)19(15-28)23-20-13-7-8-14-24(20)21(25)18-12-6-5-11-17(18)16-9-3-2-4-10-16/h2-14,19-20,23,28H,15H2,1H3/t19?,20-/m0/s1. The lowest BCUT2D eigenvalue weighted by atomic mass is 9.98. The molecule has 1 N–H and O–H groups in total. The summed E-state index contributed by atoms with van der Waals surface area (Å²) < 4.78 is 4.81. The maximum atomic E-state index is 13.4. The van der Waals surface area contributed by atoms with Gasteiger partial charge in [0.1, 0.15) is 12.2 Å². The van der Waals surface area contributed by atoms with E-state index in [9.17, 15) is 9.59 Å². The first kappa shape index (κ1) is 19.9. The highest BCUT2D eigenvalue weighted by Gasteiger charge is 2.28. The van der Waals surface area contributed by atoms with Crippen molar-refractivity contribution in [3.63, 3.8) is 0 Å². The number of allylic oxidation sites excluding steroid dienone is 2. The van der Waals surface area contributed by atoms with Crippen LogP contribution < -0.4 is 5.32 Å². The van der Waals surface area contributed by atoms with Crippen LogP contribution in [-0.2, 0) is 9.53 Å². The van der Waals surface area contributed by atoms with E-state index in [2.05, 4.69) is 17.9 Å². The molecule has 0 spiro atoms. The van der Waals surface area contributed by atoms with Crippen molar-refractivity contribution in [3.05, 3.63) is 84.6 Å². The van der Waals surface area contributed by atoms with Crippen molar-refractivity contribution in [1.29, 1.82) is 0 Å². The Hall–Kier alpha value is -2.83. The fourth-order valence-corrected chi connectivity index (χ4v) is 3.30. The van der Waals surface area contributed by atoms with Crippen molar-refractivity contribution in [1.82, 2.24) is 10.2 Å². The second-order valence-electron chi connectivity index (χ2n) is 6.22. The molecule has 1 aliphatic rings. The predicted octanol–water partition coefficient (Wildman–Crippen LogP) is 3.27. The molecule has 0 aromatic heterocycles. The lowest BCUT2D eigenvalue weighted by Crippen LogP contribution is -2.53. The highest BCUT2D eigenvalue weighted by molar-refractivity contribution is 7.80. The van der Waals surface area contributed by atoms with E-state index in [-0.39, 0.29) is 11.7 Å². The fourth-order valence-electron chi connectivity index (χ4n) is 3.05. The molecule has 1 amide bonds. The topological polar surface area (TPSA) is 58.6 Å². The van der Waals surface area contributed by atoms with Gasteiger partial charge in [0.2, 0.25) is 0 Å². The summed E-state index contributed by atoms with van der Waals surface area (Å²) in [5, 5.41) is 3.13. The monoisotopic (exact) mass is 394 g/mol. The second-order valence-corrected chi connectivity index (χ2v) is 6.59. The summed E-state index contributed by atoms with van der Waals surface area (Å²) in [5.41, 5.74) is 2.41. The minimum Gasteiger partial charge on any atom is -0.468 e. The molecule has 2 aromatic rings. The van der Waals surface area contributed by atoms with Gasteiger partial charge in [-0.3, -0.25) is 19.8 Å². The van der Waals surface area contributed by atoms with Gasteiger partial charge in [-0.1, -0.05) is 54.6 Å². The van der Waals surface area contributed by atoms with Crippen molar-refractivity contribution < 1.29 is 14.3 Å². The van der Waals surface area contributed by atoms with Crippen molar-refractivity contribution in [2.24, 2.45) is 0 Å². The minimum atomic E-state index is -0.630. The van der Waals surface area contributed by atoms with Gasteiger partial charge in [-0.05, 0) is 29.3 Å². The molecule has 0 bridgehead atoms. The molecule has 144 valence electrons. The van der Waals surface area contributed by atoms with E-state index in [1.807, 2.05) is 66.7 Å². The van der Waals surface area contributed by atoms with Crippen LogP contribution in [0.25, 0.3) is 11.1 Å². The van der Waals surface area contributed by atoms with Crippen LogP contribution in [0.4, 0.5) is 0 Å². The van der Waals surface area contributed by atoms with Gasteiger partial charge < -0.3 is 4.74 Å². The highest BCUT2D eigenvalue weighted by Crippen LogP contribution is 2.25. The van der Waals surface area contributed by atoms with Crippen LogP contribution in [0.3, 0.4) is 0 Å². The molecule has 5 nitrogen and oxygen atoms in total. The SMILES string of the molecule is COC(=O)C(CS)N[C@@H]1C=CC=CN1C(=O)c1ccccc1-c1ccccc1. The van der Waals surface area contributed by atoms with E-state index in [0.29, 0.717) is 5.56 Å². The third kappa shape index (κ3) is 4.35. The number of amides is 1. The Morgan fingerprint density at radius 3 is 2.54 bits per heavy atom. The molecule has 0 saturated heterocycles. The first-order valence-corrected chi connectivity index (χ1v) is 9.55. The first-order valence-electron chi connectivity index (χ1n) is 8.92. The Morgan fingerprint density at radius 2 is 1.82 bits per heavy atom. The lowest BCUT2D eigenvalue weighted by molar-refractivity contribution is -0.142. The third-order valence-corrected chi connectivity index (χ3v) is 4.83. The molecule has 1 heterocycles. The van der Waals surface area contributed by atoms with Gasteiger partial charge in [-0.25, -0.2) is 0 Å². The smallest absolute Gasteiger partial charge is 0.323 e. The molecule has 0 aliphatic carbocycles. The number of carbonyl (C=O) groups is 2. The molecular weight excluding hydrogens is 372 g/mol. The molecule has 2 aromatic carbocycles. The number of methoxy groups -OCH3 is 1. The van der Waals surface area contributed by atoms with E-state index >= 15 is 0 Å². The molecule has 0 saturated carbocycles. The van der Waals surface area contributed by atoms with Gasteiger partial charge in [-0.2, -0.15) is 12.6 Å². The number of benzene rings is 2. The summed E-state index contributed by atoms with van der Waals surface area (Å²) in [4.78, 5) is 26.9. The zero-order chi connectivity index (χ0) is 19.9. The van der Waals surface area contributed by atoms with Crippen LogP contribution in [0.5, 0.6) is 0 Å². The third-order valence-electron chi connectivity index (χ3n) is 4.47. The highest BCUT2D eigenvalue weighted by atomic mass is 32.1. The van der Waals surface area contributed by atoms with E-state index < -0.39 is 18.2 Å². The summed E-state index contributed by atoms with van der Waals surface area (Å²) in [6, 6.07) is 16.6. The van der Waals surface area contributed by atoms with Crippen molar-refractivity contribution in [2.45, 2.75) is 12.2 Å². The van der Waals surface area contributed by atoms with Crippen molar-refractivity contribution in [3.8, 4) is 11.1 Å². The molecule has 6 heteroatoms.